The van der Waals surface area contributed by atoms with Gasteiger partial charge in [0.25, 0.3) is 5.91 Å². The summed E-state index contributed by atoms with van der Waals surface area (Å²) in [5.74, 6) is 0.0666. The second-order valence-corrected chi connectivity index (χ2v) is 6.70. The van der Waals surface area contributed by atoms with Gasteiger partial charge in [0, 0.05) is 23.1 Å². The highest BCUT2D eigenvalue weighted by Gasteiger charge is 2.57. The van der Waals surface area contributed by atoms with E-state index in [9.17, 15) is 4.79 Å². The molecule has 112 valence electrons. The first-order chi connectivity index (χ1) is 10.2. The van der Waals surface area contributed by atoms with Crippen LogP contribution in [0.2, 0.25) is 0 Å². The van der Waals surface area contributed by atoms with E-state index in [-0.39, 0.29) is 23.4 Å². The highest BCUT2D eigenvalue weighted by molar-refractivity contribution is 5.96. The summed E-state index contributed by atoms with van der Waals surface area (Å²) in [7, 11) is 0. The molecule has 2 saturated carbocycles. The highest BCUT2D eigenvalue weighted by atomic mass is 16.5. The van der Waals surface area contributed by atoms with Crippen molar-refractivity contribution in [1.82, 2.24) is 5.32 Å². The van der Waals surface area contributed by atoms with Crippen LogP contribution in [0.3, 0.4) is 0 Å². The van der Waals surface area contributed by atoms with Crippen molar-refractivity contribution in [3.63, 3.8) is 0 Å². The minimum absolute atomic E-state index is 0.0666. The minimum atomic E-state index is 0.0666. The molecule has 21 heavy (non-hydrogen) atoms. The molecule has 2 unspecified atom stereocenters. The molecule has 2 aliphatic carbocycles. The lowest BCUT2D eigenvalue weighted by Gasteiger charge is -2.60. The molecule has 1 aliphatic heterocycles. The summed E-state index contributed by atoms with van der Waals surface area (Å²) in [5, 5.41) is 3.25. The quantitative estimate of drug-likeness (QED) is 0.870. The number of carbonyl (C=O) groups excluding carboxylic acids is 1. The summed E-state index contributed by atoms with van der Waals surface area (Å²) in [5.41, 5.74) is 9.50. The summed E-state index contributed by atoms with van der Waals surface area (Å²) in [6.07, 6.45) is 5.33. The topological polar surface area (TPSA) is 64.3 Å². The van der Waals surface area contributed by atoms with Crippen LogP contribution >= 0.6 is 0 Å². The molecule has 4 rings (SSSR count). The van der Waals surface area contributed by atoms with Crippen LogP contribution in [0.25, 0.3) is 0 Å². The fourth-order valence-corrected chi connectivity index (χ4v) is 4.20. The molecule has 2 fully saturated rings. The number of carbonyl (C=O) groups is 1. The summed E-state index contributed by atoms with van der Waals surface area (Å²) in [6.45, 7) is 1.32. The van der Waals surface area contributed by atoms with E-state index in [1.807, 2.05) is 12.1 Å². The maximum Gasteiger partial charge on any atom is 0.251 e. The van der Waals surface area contributed by atoms with E-state index in [1.165, 1.54) is 19.3 Å². The van der Waals surface area contributed by atoms with Crippen molar-refractivity contribution < 1.29 is 9.53 Å². The molecule has 4 heteroatoms. The molecule has 1 aromatic rings. The van der Waals surface area contributed by atoms with E-state index in [2.05, 4.69) is 11.4 Å². The average Bonchev–Trinajstić information content (AvgIpc) is 2.44. The normalized spacial score (nSPS) is 29.2. The first-order valence-corrected chi connectivity index (χ1v) is 7.96. The molecule has 1 spiro atoms. The van der Waals surface area contributed by atoms with E-state index < -0.39 is 0 Å². The van der Waals surface area contributed by atoms with E-state index in [1.54, 1.807) is 0 Å². The zero-order chi connectivity index (χ0) is 14.4. The lowest BCUT2D eigenvalue weighted by atomic mass is 9.50. The van der Waals surface area contributed by atoms with Gasteiger partial charge in [-0.15, -0.1) is 0 Å². The van der Waals surface area contributed by atoms with Crippen LogP contribution in [0.15, 0.2) is 18.2 Å². The second kappa shape index (κ2) is 4.82. The van der Waals surface area contributed by atoms with Gasteiger partial charge in [-0.3, -0.25) is 4.79 Å². The molecule has 1 amide bonds. The van der Waals surface area contributed by atoms with Crippen molar-refractivity contribution in [2.24, 2.45) is 11.1 Å². The van der Waals surface area contributed by atoms with Gasteiger partial charge in [0.15, 0.2) is 0 Å². The molecule has 1 aromatic carbocycles. The number of nitrogens with one attached hydrogen (secondary N) is 1. The molecule has 3 aliphatic rings. The summed E-state index contributed by atoms with van der Waals surface area (Å²) >= 11 is 0. The van der Waals surface area contributed by atoms with Gasteiger partial charge in [-0.2, -0.15) is 0 Å². The molecule has 1 heterocycles. The summed E-state index contributed by atoms with van der Waals surface area (Å²) in [6, 6.07) is 6.48. The van der Waals surface area contributed by atoms with Crippen molar-refractivity contribution in [1.29, 1.82) is 0 Å². The monoisotopic (exact) mass is 286 g/mol. The number of fused-ring (bicyclic) bond motifs is 1. The number of hydrogen-bond donors (Lipinski definition) is 2. The Morgan fingerprint density at radius 3 is 2.95 bits per heavy atom. The number of ether oxygens (including phenoxy) is 1. The van der Waals surface area contributed by atoms with Gasteiger partial charge in [-0.1, -0.05) is 18.6 Å². The SMILES string of the molecule is NC1CC(NC(=O)c2cccc3c2CCOC3)C12CCC2. The number of amides is 1. The van der Waals surface area contributed by atoms with Crippen molar-refractivity contribution in [3.8, 4) is 0 Å². The zero-order valence-corrected chi connectivity index (χ0v) is 12.2. The third-order valence-electron chi connectivity index (χ3n) is 5.78. The summed E-state index contributed by atoms with van der Waals surface area (Å²) in [4.78, 5) is 12.7. The smallest absolute Gasteiger partial charge is 0.251 e. The van der Waals surface area contributed by atoms with Crippen LogP contribution in [0.4, 0.5) is 0 Å². The Hall–Kier alpha value is -1.39. The van der Waals surface area contributed by atoms with Crippen molar-refractivity contribution in [2.75, 3.05) is 6.61 Å². The number of benzene rings is 1. The van der Waals surface area contributed by atoms with E-state index >= 15 is 0 Å². The lowest BCUT2D eigenvalue weighted by Crippen LogP contribution is -2.69. The third-order valence-corrected chi connectivity index (χ3v) is 5.78. The maximum absolute atomic E-state index is 12.7. The maximum atomic E-state index is 12.7. The Morgan fingerprint density at radius 2 is 2.24 bits per heavy atom. The van der Waals surface area contributed by atoms with Gasteiger partial charge in [0.2, 0.25) is 0 Å². The predicted molar refractivity (Wildman–Crippen MR) is 79.9 cm³/mol. The Morgan fingerprint density at radius 1 is 1.38 bits per heavy atom. The first-order valence-electron chi connectivity index (χ1n) is 7.96. The molecular weight excluding hydrogens is 264 g/mol. The zero-order valence-electron chi connectivity index (χ0n) is 12.2. The molecule has 0 aromatic heterocycles. The largest absolute Gasteiger partial charge is 0.376 e. The second-order valence-electron chi connectivity index (χ2n) is 6.70. The van der Waals surface area contributed by atoms with Crippen LogP contribution in [-0.2, 0) is 17.8 Å². The van der Waals surface area contributed by atoms with Crippen LogP contribution in [-0.4, -0.2) is 24.6 Å². The van der Waals surface area contributed by atoms with Crippen LogP contribution in [0.1, 0.15) is 47.2 Å². The van der Waals surface area contributed by atoms with Crippen LogP contribution in [0.5, 0.6) is 0 Å². The third kappa shape index (κ3) is 1.93. The minimum Gasteiger partial charge on any atom is -0.376 e. The number of nitrogens with two attached hydrogens (primary N) is 1. The Labute approximate surface area is 125 Å². The van der Waals surface area contributed by atoms with Crippen molar-refractivity contribution in [2.45, 2.75) is 50.8 Å². The molecule has 0 saturated heterocycles. The lowest BCUT2D eigenvalue weighted by molar-refractivity contribution is -0.0390. The van der Waals surface area contributed by atoms with Gasteiger partial charge in [-0.25, -0.2) is 0 Å². The number of hydrogen-bond acceptors (Lipinski definition) is 3. The first kappa shape index (κ1) is 13.3. The van der Waals surface area contributed by atoms with Crippen molar-refractivity contribution >= 4 is 5.91 Å². The van der Waals surface area contributed by atoms with E-state index in [4.69, 9.17) is 10.5 Å². The number of rotatable bonds is 2. The van der Waals surface area contributed by atoms with Gasteiger partial charge in [-0.05, 0) is 42.9 Å². The fraction of sp³-hybridized carbons (Fsp3) is 0.588. The van der Waals surface area contributed by atoms with E-state index in [0.29, 0.717) is 13.2 Å². The molecule has 2 atom stereocenters. The Kier molecular flexibility index (Phi) is 3.05. The van der Waals surface area contributed by atoms with Crippen LogP contribution < -0.4 is 11.1 Å². The van der Waals surface area contributed by atoms with Crippen LogP contribution in [0, 0.1) is 5.41 Å². The molecule has 0 bridgehead atoms. The van der Waals surface area contributed by atoms with Gasteiger partial charge in [0.1, 0.15) is 0 Å². The molecular formula is C17H22N2O2. The molecule has 3 N–H and O–H groups in total. The fourth-order valence-electron chi connectivity index (χ4n) is 4.20. The van der Waals surface area contributed by atoms with Gasteiger partial charge < -0.3 is 15.8 Å². The highest BCUT2D eigenvalue weighted by Crippen LogP contribution is 2.55. The predicted octanol–water partition coefficient (Wildman–Crippen LogP) is 1.76. The molecule has 0 radical (unpaired) electrons. The molecule has 4 nitrogen and oxygen atoms in total. The van der Waals surface area contributed by atoms with Gasteiger partial charge in [0.05, 0.1) is 13.2 Å². The average molecular weight is 286 g/mol. The van der Waals surface area contributed by atoms with Gasteiger partial charge >= 0.3 is 0 Å². The Bertz CT molecular complexity index is 580. The van der Waals surface area contributed by atoms with Crippen molar-refractivity contribution in [3.05, 3.63) is 34.9 Å². The van der Waals surface area contributed by atoms with E-state index in [0.717, 1.165) is 29.5 Å². The standard InChI is InChI=1S/C17H22N2O2/c18-14-9-15(17(14)6-2-7-17)19-16(20)13-4-1-3-11-10-21-8-5-12(11)13/h1,3-4,14-15H,2,5-10,18H2,(H,19,20). The summed E-state index contributed by atoms with van der Waals surface area (Å²) < 4.78 is 5.47. The Balaban J connectivity index is 1.53.